The molecule has 5 nitrogen and oxygen atoms in total. The van der Waals surface area contributed by atoms with E-state index in [0.717, 1.165) is 33.6 Å². The molecule has 2 heterocycles. The summed E-state index contributed by atoms with van der Waals surface area (Å²) in [4.78, 5) is 12.9. The number of carbonyl (C=O) groups is 1. The molecule has 1 aromatic carbocycles. The predicted octanol–water partition coefficient (Wildman–Crippen LogP) is 4.46. The lowest BCUT2D eigenvalue weighted by atomic mass is 10.1. The predicted molar refractivity (Wildman–Crippen MR) is 110 cm³/mol. The Balaban J connectivity index is 1.84. The molecule has 0 N–H and O–H groups in total. The summed E-state index contributed by atoms with van der Waals surface area (Å²) in [5.74, 6) is 1.24. The van der Waals surface area contributed by atoms with E-state index in [0.29, 0.717) is 12.3 Å². The van der Waals surface area contributed by atoms with Gasteiger partial charge >= 0.3 is 0 Å². The smallest absolute Gasteiger partial charge is 0.191 e. The van der Waals surface area contributed by atoms with Crippen LogP contribution in [0.1, 0.15) is 33.1 Å². The summed E-state index contributed by atoms with van der Waals surface area (Å²) in [5, 5.41) is 9.02. The van der Waals surface area contributed by atoms with Crippen molar-refractivity contribution in [2.75, 3.05) is 5.75 Å². The highest BCUT2D eigenvalue weighted by Crippen LogP contribution is 2.25. The second-order valence-electron chi connectivity index (χ2n) is 6.55. The van der Waals surface area contributed by atoms with Gasteiger partial charge in [-0.25, -0.2) is 0 Å². The first-order valence-corrected chi connectivity index (χ1v) is 9.84. The summed E-state index contributed by atoms with van der Waals surface area (Å²) >= 11 is 1.42. The molecule has 3 rings (SSSR count). The molecule has 0 atom stereocenters. The number of aryl methyl sites for hydroxylation is 3. The van der Waals surface area contributed by atoms with E-state index in [9.17, 15) is 4.79 Å². The van der Waals surface area contributed by atoms with Crippen LogP contribution < -0.4 is 0 Å². The Bertz CT molecular complexity index is 1000. The van der Waals surface area contributed by atoms with Crippen LogP contribution in [-0.2, 0) is 6.54 Å². The van der Waals surface area contributed by atoms with E-state index in [-0.39, 0.29) is 5.78 Å². The molecule has 6 heteroatoms. The third kappa shape index (κ3) is 3.76. The second-order valence-corrected chi connectivity index (χ2v) is 7.49. The first kappa shape index (κ1) is 19.2. The average molecular weight is 381 g/mol. The minimum Gasteiger partial charge on any atom is -0.318 e. The molecule has 0 spiro atoms. The first-order chi connectivity index (χ1) is 12.9. The largest absolute Gasteiger partial charge is 0.318 e. The van der Waals surface area contributed by atoms with Crippen LogP contribution in [0.3, 0.4) is 0 Å². The third-order valence-electron chi connectivity index (χ3n) is 4.63. The molecule has 2 aromatic heterocycles. The fourth-order valence-corrected chi connectivity index (χ4v) is 4.12. The molecule has 0 saturated carbocycles. The number of thioether (sulfide) groups is 1. The van der Waals surface area contributed by atoms with Crippen LogP contribution in [0.4, 0.5) is 0 Å². The fourth-order valence-electron chi connectivity index (χ4n) is 3.25. The fraction of sp³-hybridized carbons (Fsp3) is 0.286. The van der Waals surface area contributed by atoms with Gasteiger partial charge in [-0.2, -0.15) is 0 Å². The summed E-state index contributed by atoms with van der Waals surface area (Å²) in [6, 6.07) is 10.2. The molecule has 0 aliphatic carbocycles. The van der Waals surface area contributed by atoms with Crippen molar-refractivity contribution in [1.29, 1.82) is 0 Å². The van der Waals surface area contributed by atoms with Gasteiger partial charge in [0.15, 0.2) is 10.9 Å². The van der Waals surface area contributed by atoms with Gasteiger partial charge in [-0.05, 0) is 45.4 Å². The van der Waals surface area contributed by atoms with Crippen molar-refractivity contribution < 1.29 is 4.79 Å². The van der Waals surface area contributed by atoms with E-state index in [2.05, 4.69) is 40.4 Å². The highest BCUT2D eigenvalue weighted by atomic mass is 32.2. The topological polar surface area (TPSA) is 52.7 Å². The number of nitrogens with zero attached hydrogens (tertiary/aromatic N) is 4. The van der Waals surface area contributed by atoms with Crippen LogP contribution in [0.5, 0.6) is 0 Å². The van der Waals surface area contributed by atoms with Crippen molar-refractivity contribution in [2.24, 2.45) is 0 Å². The maximum absolute atomic E-state index is 12.9. The summed E-state index contributed by atoms with van der Waals surface area (Å²) in [7, 11) is 0. The van der Waals surface area contributed by atoms with Gasteiger partial charge in [-0.3, -0.25) is 4.79 Å². The SMILES string of the molecule is C=CCn1c(C)nnc1SCC(=O)c1cc(C)n(-c2ccccc2C)c1C. The highest BCUT2D eigenvalue weighted by molar-refractivity contribution is 7.99. The number of ketones is 1. The van der Waals surface area contributed by atoms with Crippen molar-refractivity contribution in [2.45, 2.75) is 39.4 Å². The Hall–Kier alpha value is -2.60. The number of aromatic nitrogens is 4. The lowest BCUT2D eigenvalue weighted by Crippen LogP contribution is -2.07. The number of benzene rings is 1. The van der Waals surface area contributed by atoms with Crippen LogP contribution in [0, 0.1) is 27.7 Å². The van der Waals surface area contributed by atoms with Gasteiger partial charge in [-0.1, -0.05) is 36.0 Å². The van der Waals surface area contributed by atoms with E-state index in [4.69, 9.17) is 0 Å². The summed E-state index contributed by atoms with van der Waals surface area (Å²) in [6.45, 7) is 12.4. The lowest BCUT2D eigenvalue weighted by Gasteiger charge is -2.12. The van der Waals surface area contributed by atoms with Gasteiger partial charge in [0.2, 0.25) is 0 Å². The Kier molecular flexibility index (Phi) is 5.65. The van der Waals surface area contributed by atoms with E-state index in [1.807, 2.05) is 43.5 Å². The Morgan fingerprint density at radius 3 is 2.63 bits per heavy atom. The van der Waals surface area contributed by atoms with E-state index >= 15 is 0 Å². The van der Waals surface area contributed by atoms with Crippen molar-refractivity contribution in [1.82, 2.24) is 19.3 Å². The number of para-hydroxylation sites is 1. The zero-order valence-electron chi connectivity index (χ0n) is 16.2. The molecule has 3 aromatic rings. The molecule has 0 fully saturated rings. The highest BCUT2D eigenvalue weighted by Gasteiger charge is 2.19. The molecule has 27 heavy (non-hydrogen) atoms. The normalized spacial score (nSPS) is 11.0. The van der Waals surface area contributed by atoms with Crippen LogP contribution >= 0.6 is 11.8 Å². The van der Waals surface area contributed by atoms with Crippen LogP contribution in [-0.4, -0.2) is 30.9 Å². The molecule has 0 saturated heterocycles. The van der Waals surface area contributed by atoms with E-state index in [1.165, 1.54) is 17.3 Å². The molecule has 0 radical (unpaired) electrons. The van der Waals surface area contributed by atoms with Crippen molar-refractivity contribution >= 4 is 17.5 Å². The Morgan fingerprint density at radius 2 is 1.93 bits per heavy atom. The van der Waals surface area contributed by atoms with E-state index < -0.39 is 0 Å². The number of Topliss-reactive ketones (excluding diaryl/α,β-unsaturated/α-hetero) is 1. The van der Waals surface area contributed by atoms with Gasteiger partial charge in [0, 0.05) is 29.2 Å². The van der Waals surface area contributed by atoms with Gasteiger partial charge in [0.05, 0.1) is 5.75 Å². The van der Waals surface area contributed by atoms with Crippen LogP contribution in [0.15, 0.2) is 48.1 Å². The third-order valence-corrected chi connectivity index (χ3v) is 5.60. The maximum atomic E-state index is 12.9. The molecule has 140 valence electrons. The molecule has 0 unspecified atom stereocenters. The number of allylic oxidation sites excluding steroid dienone is 1. The van der Waals surface area contributed by atoms with E-state index in [1.54, 1.807) is 6.08 Å². The maximum Gasteiger partial charge on any atom is 0.191 e. The quantitative estimate of drug-likeness (QED) is 0.345. The monoisotopic (exact) mass is 380 g/mol. The standard InChI is InChI=1S/C21H24N4OS/c1-6-11-24-17(5)22-23-21(24)27-13-20(26)18-12-15(3)25(16(18)4)19-10-8-7-9-14(19)2/h6-10,12H,1,11,13H2,2-5H3. The number of hydrogen-bond donors (Lipinski definition) is 0. The van der Waals surface area contributed by atoms with Gasteiger partial charge < -0.3 is 9.13 Å². The molecule has 0 bridgehead atoms. The minimum absolute atomic E-state index is 0.0961. The second kappa shape index (κ2) is 7.96. The van der Waals surface area contributed by atoms with Gasteiger partial charge in [0.1, 0.15) is 5.82 Å². The summed E-state index contributed by atoms with van der Waals surface area (Å²) in [5.41, 5.74) is 5.08. The molecule has 0 amide bonds. The first-order valence-electron chi connectivity index (χ1n) is 8.85. The number of carbonyl (C=O) groups excluding carboxylic acids is 1. The average Bonchev–Trinajstić information content (AvgIpc) is 3.14. The summed E-state index contributed by atoms with van der Waals surface area (Å²) in [6.07, 6.45) is 1.80. The van der Waals surface area contributed by atoms with Gasteiger partial charge in [0.25, 0.3) is 0 Å². The Morgan fingerprint density at radius 1 is 1.19 bits per heavy atom. The Labute approximate surface area is 164 Å². The van der Waals surface area contributed by atoms with Gasteiger partial charge in [-0.15, -0.1) is 16.8 Å². The zero-order valence-corrected chi connectivity index (χ0v) is 17.0. The number of rotatable bonds is 7. The van der Waals surface area contributed by atoms with Crippen molar-refractivity contribution in [3.8, 4) is 5.69 Å². The minimum atomic E-state index is 0.0961. The zero-order chi connectivity index (χ0) is 19.6. The van der Waals surface area contributed by atoms with Crippen molar-refractivity contribution in [3.63, 3.8) is 0 Å². The van der Waals surface area contributed by atoms with Crippen molar-refractivity contribution in [3.05, 3.63) is 71.3 Å². The molecular weight excluding hydrogens is 356 g/mol. The van der Waals surface area contributed by atoms with Crippen LogP contribution in [0.25, 0.3) is 5.69 Å². The molecule has 0 aliphatic heterocycles. The number of hydrogen-bond acceptors (Lipinski definition) is 4. The molecule has 0 aliphatic rings. The lowest BCUT2D eigenvalue weighted by molar-refractivity contribution is 0.102. The molecular formula is C21H24N4OS. The summed E-state index contributed by atoms with van der Waals surface area (Å²) < 4.78 is 4.11. The van der Waals surface area contributed by atoms with Crippen LogP contribution in [0.2, 0.25) is 0 Å².